The van der Waals surface area contributed by atoms with Crippen LogP contribution in [0.15, 0.2) is 0 Å². The Morgan fingerprint density at radius 2 is 2.07 bits per heavy atom. The fourth-order valence-electron chi connectivity index (χ4n) is 5.03. The lowest BCUT2D eigenvalue weighted by Crippen LogP contribution is -2.53. The third kappa shape index (κ3) is 3.96. The summed E-state index contributed by atoms with van der Waals surface area (Å²) in [6.07, 6.45) is 3.35. The lowest BCUT2D eigenvalue weighted by Gasteiger charge is -2.37. The lowest BCUT2D eigenvalue weighted by atomic mass is 9.90. The Kier molecular flexibility index (Phi) is 5.48. The second-order valence-corrected chi connectivity index (χ2v) is 12.7. The first-order valence-corrected chi connectivity index (χ1v) is 13.4. The highest BCUT2D eigenvalue weighted by atomic mass is 32.2. The summed E-state index contributed by atoms with van der Waals surface area (Å²) in [5, 5.41) is 2.99. The van der Waals surface area contributed by atoms with E-state index in [1.54, 1.807) is 11.8 Å². The smallest absolute Gasteiger partial charge is 0.322 e. The molecular weight excluding hydrogens is 428 g/mol. The highest BCUT2D eigenvalue weighted by Gasteiger charge is 2.54. The van der Waals surface area contributed by atoms with Gasteiger partial charge in [0.25, 0.3) is 0 Å². The van der Waals surface area contributed by atoms with Crippen LogP contribution in [0.1, 0.15) is 46.0 Å². The maximum atomic E-state index is 13.5. The summed E-state index contributed by atoms with van der Waals surface area (Å²) < 4.78 is 34.7. The number of thioether (sulfide) groups is 1. The van der Waals surface area contributed by atoms with Crippen molar-refractivity contribution in [1.29, 1.82) is 0 Å². The summed E-state index contributed by atoms with van der Waals surface area (Å²) in [7, 11) is -3.42. The van der Waals surface area contributed by atoms with Crippen LogP contribution in [0.5, 0.6) is 0 Å². The average Bonchev–Trinajstić information content (AvgIpc) is 3.08. The molecule has 4 N–H and O–H groups in total. The first-order chi connectivity index (χ1) is 14.3. The molecule has 6 unspecified atom stereocenters. The molecule has 0 radical (unpaired) electrons. The van der Waals surface area contributed by atoms with E-state index in [0.29, 0.717) is 32.4 Å². The zero-order valence-electron chi connectivity index (χ0n) is 17.5. The lowest BCUT2D eigenvalue weighted by molar-refractivity contribution is 0.0641. The van der Waals surface area contributed by atoms with Crippen molar-refractivity contribution in [3.8, 4) is 0 Å². The SMILES string of the molecule is CC1NNC(N2C(=O)N(CC3NCCO3)C3CCC(S(=O)(=O)NC4(C)CC4)CC32)S1. The number of carbonyl (C=O) groups excluding carboxylic acids is 1. The second-order valence-electron chi connectivity index (χ2n) is 9.35. The van der Waals surface area contributed by atoms with Crippen LogP contribution < -0.4 is 20.9 Å². The molecule has 0 spiro atoms. The van der Waals surface area contributed by atoms with Gasteiger partial charge in [0.05, 0.1) is 35.9 Å². The number of hydrogen-bond acceptors (Lipinski definition) is 8. The molecule has 5 fully saturated rings. The highest BCUT2D eigenvalue weighted by molar-refractivity contribution is 8.00. The van der Waals surface area contributed by atoms with Crippen LogP contribution in [0.4, 0.5) is 4.79 Å². The standard InChI is InChI=1S/C18H32N6O4S2/c1-11-20-21-16(29-11)24-14-9-12(30(26,27)22-18(2)5-6-18)3-4-13(14)23(17(24)25)10-15-19-7-8-28-15/h11-16,19-22H,3-10H2,1-2H3. The Balaban J connectivity index is 1.36. The van der Waals surface area contributed by atoms with E-state index in [1.807, 2.05) is 23.6 Å². The number of hydrogen-bond donors (Lipinski definition) is 4. The van der Waals surface area contributed by atoms with Gasteiger partial charge in [0.2, 0.25) is 10.0 Å². The molecule has 2 aliphatic carbocycles. The van der Waals surface area contributed by atoms with Crippen molar-refractivity contribution in [3.05, 3.63) is 0 Å². The molecular formula is C18H32N6O4S2. The number of nitrogens with one attached hydrogen (secondary N) is 4. The molecule has 10 nitrogen and oxygen atoms in total. The third-order valence-electron chi connectivity index (χ3n) is 6.94. The van der Waals surface area contributed by atoms with Crippen molar-refractivity contribution in [1.82, 2.24) is 30.7 Å². The fraction of sp³-hybridized carbons (Fsp3) is 0.944. The number of amides is 2. The molecule has 6 atom stereocenters. The van der Waals surface area contributed by atoms with Crippen LogP contribution in [0, 0.1) is 0 Å². The molecule has 5 aliphatic rings. The minimum absolute atomic E-state index is 0.00441. The van der Waals surface area contributed by atoms with Gasteiger partial charge in [0.1, 0.15) is 11.7 Å². The van der Waals surface area contributed by atoms with Crippen molar-refractivity contribution in [2.75, 3.05) is 19.7 Å². The molecule has 5 rings (SSSR count). The Labute approximate surface area is 182 Å². The van der Waals surface area contributed by atoms with Crippen LogP contribution in [0.3, 0.4) is 0 Å². The second kappa shape index (κ2) is 7.75. The van der Waals surface area contributed by atoms with Crippen molar-refractivity contribution < 1.29 is 17.9 Å². The molecule has 0 aromatic carbocycles. The third-order valence-corrected chi connectivity index (χ3v) is 10.1. The molecule has 3 saturated heterocycles. The van der Waals surface area contributed by atoms with Gasteiger partial charge in [0, 0.05) is 12.1 Å². The Morgan fingerprint density at radius 1 is 1.27 bits per heavy atom. The number of hydrazine groups is 1. The summed E-state index contributed by atoms with van der Waals surface area (Å²) >= 11 is 1.64. The van der Waals surface area contributed by atoms with E-state index < -0.39 is 15.3 Å². The van der Waals surface area contributed by atoms with E-state index in [1.165, 1.54) is 0 Å². The van der Waals surface area contributed by atoms with E-state index in [-0.39, 0.29) is 40.8 Å². The molecule has 170 valence electrons. The van der Waals surface area contributed by atoms with Crippen molar-refractivity contribution in [2.45, 2.75) is 85.9 Å². The Morgan fingerprint density at radius 3 is 2.70 bits per heavy atom. The normalized spacial score (nSPS) is 40.8. The van der Waals surface area contributed by atoms with Crippen LogP contribution >= 0.6 is 11.8 Å². The van der Waals surface area contributed by atoms with Gasteiger partial charge in [-0.2, -0.15) is 0 Å². The zero-order chi connectivity index (χ0) is 21.1. The fourth-order valence-corrected chi connectivity index (χ4v) is 8.03. The minimum Gasteiger partial charge on any atom is -0.360 e. The number of ether oxygens (including phenoxy) is 1. The maximum Gasteiger partial charge on any atom is 0.322 e. The average molecular weight is 461 g/mol. The molecule has 2 saturated carbocycles. The number of sulfonamides is 1. The molecule has 3 aliphatic heterocycles. The van der Waals surface area contributed by atoms with Crippen molar-refractivity contribution in [2.24, 2.45) is 0 Å². The number of rotatable bonds is 6. The summed E-state index contributed by atoms with van der Waals surface area (Å²) in [5.41, 5.74) is 5.88. The number of carbonyl (C=O) groups is 1. The topological polar surface area (TPSA) is 115 Å². The summed E-state index contributed by atoms with van der Waals surface area (Å²) in [6.45, 7) is 5.93. The van der Waals surface area contributed by atoms with Gasteiger partial charge in [-0.3, -0.25) is 10.2 Å². The minimum atomic E-state index is -3.42. The number of urea groups is 1. The Hall–Kier alpha value is -0.630. The van der Waals surface area contributed by atoms with Crippen LogP contribution in [-0.4, -0.2) is 83.9 Å². The molecule has 30 heavy (non-hydrogen) atoms. The van der Waals surface area contributed by atoms with Gasteiger partial charge < -0.3 is 9.64 Å². The summed E-state index contributed by atoms with van der Waals surface area (Å²) in [5.74, 6) is 0. The van der Waals surface area contributed by atoms with Gasteiger partial charge >= 0.3 is 6.03 Å². The predicted molar refractivity (Wildman–Crippen MR) is 114 cm³/mol. The molecule has 3 heterocycles. The van der Waals surface area contributed by atoms with Gasteiger partial charge in [-0.1, -0.05) is 0 Å². The van der Waals surface area contributed by atoms with Crippen molar-refractivity contribution in [3.63, 3.8) is 0 Å². The predicted octanol–water partition coefficient (Wildman–Crippen LogP) is -0.0979. The highest BCUT2D eigenvalue weighted by Crippen LogP contribution is 2.41. The van der Waals surface area contributed by atoms with E-state index in [2.05, 4.69) is 20.9 Å². The van der Waals surface area contributed by atoms with Gasteiger partial charge in [-0.15, -0.1) is 11.8 Å². The first-order valence-electron chi connectivity index (χ1n) is 10.9. The van der Waals surface area contributed by atoms with Crippen LogP contribution in [-0.2, 0) is 14.8 Å². The Bertz CT molecular complexity index is 788. The summed E-state index contributed by atoms with van der Waals surface area (Å²) in [4.78, 5) is 17.2. The van der Waals surface area contributed by atoms with Gasteiger partial charge in [-0.25, -0.2) is 28.8 Å². The molecule has 0 aromatic rings. The zero-order valence-corrected chi connectivity index (χ0v) is 19.1. The van der Waals surface area contributed by atoms with Crippen LogP contribution in [0.25, 0.3) is 0 Å². The van der Waals surface area contributed by atoms with Gasteiger partial charge in [-0.05, 0) is 46.0 Å². The quantitative estimate of drug-likeness (QED) is 0.435. The van der Waals surface area contributed by atoms with E-state index in [9.17, 15) is 13.2 Å². The molecule has 0 aromatic heterocycles. The van der Waals surface area contributed by atoms with E-state index >= 15 is 0 Å². The molecule has 2 amide bonds. The number of nitrogens with zero attached hydrogens (tertiary/aromatic N) is 2. The maximum absolute atomic E-state index is 13.5. The largest absolute Gasteiger partial charge is 0.360 e. The number of fused-ring (bicyclic) bond motifs is 1. The van der Waals surface area contributed by atoms with Crippen molar-refractivity contribution >= 4 is 27.8 Å². The summed E-state index contributed by atoms with van der Waals surface area (Å²) in [6, 6.07) is -0.175. The molecule has 0 bridgehead atoms. The van der Waals surface area contributed by atoms with Crippen LogP contribution in [0.2, 0.25) is 0 Å². The monoisotopic (exact) mass is 460 g/mol. The van der Waals surface area contributed by atoms with E-state index in [0.717, 1.165) is 19.4 Å². The van der Waals surface area contributed by atoms with E-state index in [4.69, 9.17) is 4.74 Å². The van der Waals surface area contributed by atoms with Gasteiger partial charge in [0.15, 0.2) is 0 Å². The molecule has 12 heteroatoms. The first kappa shape index (κ1) is 21.2.